The minimum atomic E-state index is -0.0233. The van der Waals surface area contributed by atoms with Crippen LogP contribution in [-0.2, 0) is 11.3 Å². The third-order valence-corrected chi connectivity index (χ3v) is 4.53. The molecule has 2 rings (SSSR count). The third-order valence-electron chi connectivity index (χ3n) is 3.35. The average molecular weight is 308 g/mol. The first-order chi connectivity index (χ1) is 10.0. The highest BCUT2D eigenvalue weighted by atomic mass is 32.1. The number of carbonyl (C=O) groups is 1. The van der Waals surface area contributed by atoms with Crippen LogP contribution in [-0.4, -0.2) is 31.1 Å². The SMILES string of the molecule is CC[C@H](NC(=O)CCn1nnnc1C)c1nc(C)c(C)s1. The number of hydrogen-bond donors (Lipinski definition) is 1. The van der Waals surface area contributed by atoms with Crippen molar-refractivity contribution in [2.75, 3.05) is 0 Å². The van der Waals surface area contributed by atoms with Crippen molar-refractivity contribution in [3.63, 3.8) is 0 Å². The molecule has 7 nitrogen and oxygen atoms in total. The fourth-order valence-corrected chi connectivity index (χ4v) is 2.97. The van der Waals surface area contributed by atoms with E-state index in [1.807, 2.05) is 27.7 Å². The highest BCUT2D eigenvalue weighted by Crippen LogP contribution is 2.24. The lowest BCUT2D eigenvalue weighted by molar-refractivity contribution is -0.122. The summed E-state index contributed by atoms with van der Waals surface area (Å²) in [5, 5.41) is 15.2. The number of thiazole rings is 1. The van der Waals surface area contributed by atoms with Crippen LogP contribution in [0.5, 0.6) is 0 Å². The molecule has 0 saturated heterocycles. The van der Waals surface area contributed by atoms with Crippen LogP contribution in [0.2, 0.25) is 0 Å². The summed E-state index contributed by atoms with van der Waals surface area (Å²) >= 11 is 1.64. The average Bonchev–Trinajstić information content (AvgIpc) is 3.00. The first-order valence-corrected chi connectivity index (χ1v) is 7.79. The maximum Gasteiger partial charge on any atom is 0.222 e. The minimum absolute atomic E-state index is 0.0118. The van der Waals surface area contributed by atoms with Gasteiger partial charge < -0.3 is 5.32 Å². The molecule has 2 aromatic heterocycles. The van der Waals surface area contributed by atoms with E-state index in [0.29, 0.717) is 18.8 Å². The van der Waals surface area contributed by atoms with Crippen molar-refractivity contribution in [2.24, 2.45) is 0 Å². The van der Waals surface area contributed by atoms with Crippen molar-refractivity contribution in [1.82, 2.24) is 30.5 Å². The summed E-state index contributed by atoms with van der Waals surface area (Å²) in [5.74, 6) is 0.697. The van der Waals surface area contributed by atoms with Gasteiger partial charge in [0.25, 0.3) is 0 Å². The Kier molecular flexibility index (Phi) is 5.00. The van der Waals surface area contributed by atoms with Crippen LogP contribution in [0.3, 0.4) is 0 Å². The molecule has 114 valence electrons. The quantitative estimate of drug-likeness (QED) is 0.878. The van der Waals surface area contributed by atoms with Gasteiger partial charge in [-0.3, -0.25) is 4.79 Å². The second-order valence-corrected chi connectivity index (χ2v) is 6.16. The molecule has 0 spiro atoms. The number of carbonyl (C=O) groups excluding carboxylic acids is 1. The Morgan fingerprint density at radius 3 is 2.67 bits per heavy atom. The van der Waals surface area contributed by atoms with Gasteiger partial charge in [-0.05, 0) is 37.6 Å². The zero-order valence-electron chi connectivity index (χ0n) is 12.8. The Hall–Kier alpha value is -1.83. The zero-order chi connectivity index (χ0) is 15.4. The van der Waals surface area contributed by atoms with Gasteiger partial charge in [0.05, 0.1) is 18.3 Å². The van der Waals surface area contributed by atoms with E-state index in [1.165, 1.54) is 4.88 Å². The number of amides is 1. The number of tetrazole rings is 1. The molecule has 8 heteroatoms. The highest BCUT2D eigenvalue weighted by Gasteiger charge is 2.17. The standard InChI is InChI=1S/C13H20N6OS/c1-5-11(13-14-8(2)9(3)21-13)15-12(20)6-7-19-10(4)16-17-18-19/h11H,5-7H2,1-4H3,(H,15,20)/t11-/m0/s1. The summed E-state index contributed by atoms with van der Waals surface area (Å²) < 4.78 is 1.62. The lowest BCUT2D eigenvalue weighted by Gasteiger charge is -2.14. The highest BCUT2D eigenvalue weighted by molar-refractivity contribution is 7.11. The minimum Gasteiger partial charge on any atom is -0.347 e. The third kappa shape index (κ3) is 3.84. The van der Waals surface area contributed by atoms with Crippen molar-refractivity contribution in [3.8, 4) is 0 Å². The maximum atomic E-state index is 12.1. The molecule has 0 fully saturated rings. The first-order valence-electron chi connectivity index (χ1n) is 6.97. The van der Waals surface area contributed by atoms with Crippen LogP contribution in [0, 0.1) is 20.8 Å². The summed E-state index contributed by atoms with van der Waals surface area (Å²) in [4.78, 5) is 17.8. The molecule has 1 N–H and O–H groups in total. The molecule has 0 bridgehead atoms. The van der Waals surface area contributed by atoms with Gasteiger partial charge in [-0.1, -0.05) is 6.92 Å². The van der Waals surface area contributed by atoms with Gasteiger partial charge in [-0.25, -0.2) is 9.67 Å². The first kappa shape index (κ1) is 15.6. The van der Waals surface area contributed by atoms with E-state index in [0.717, 1.165) is 17.1 Å². The lowest BCUT2D eigenvalue weighted by atomic mass is 10.2. The topological polar surface area (TPSA) is 85.6 Å². The van der Waals surface area contributed by atoms with E-state index in [9.17, 15) is 4.79 Å². The van der Waals surface area contributed by atoms with Gasteiger partial charge in [-0.2, -0.15) is 0 Å². The molecular formula is C13H20N6OS. The molecule has 0 aromatic carbocycles. The summed E-state index contributed by atoms with van der Waals surface area (Å²) in [6, 6.07) is -0.0233. The van der Waals surface area contributed by atoms with Crippen molar-refractivity contribution in [1.29, 1.82) is 0 Å². The number of rotatable bonds is 6. The van der Waals surface area contributed by atoms with Crippen molar-refractivity contribution >= 4 is 17.2 Å². The van der Waals surface area contributed by atoms with Crippen molar-refractivity contribution < 1.29 is 4.79 Å². The number of aromatic nitrogens is 5. The Balaban J connectivity index is 1.92. The fourth-order valence-electron chi connectivity index (χ4n) is 1.91. The second-order valence-electron chi connectivity index (χ2n) is 4.92. The molecule has 2 aromatic rings. The van der Waals surface area contributed by atoms with Gasteiger partial charge in [0.15, 0.2) is 0 Å². The number of aryl methyl sites for hydroxylation is 4. The van der Waals surface area contributed by atoms with Gasteiger partial charge in [0.1, 0.15) is 10.8 Å². The van der Waals surface area contributed by atoms with Gasteiger partial charge >= 0.3 is 0 Å². The number of nitrogens with zero attached hydrogens (tertiary/aromatic N) is 5. The summed E-state index contributed by atoms with van der Waals surface area (Å²) in [6.45, 7) is 8.38. The van der Waals surface area contributed by atoms with Crippen molar-refractivity contribution in [2.45, 2.75) is 53.1 Å². The Morgan fingerprint density at radius 2 is 2.14 bits per heavy atom. The molecule has 0 saturated carbocycles. The molecule has 0 unspecified atom stereocenters. The zero-order valence-corrected chi connectivity index (χ0v) is 13.6. The number of nitrogens with one attached hydrogen (secondary N) is 1. The van der Waals surface area contributed by atoms with E-state index >= 15 is 0 Å². The normalized spacial score (nSPS) is 12.4. The van der Waals surface area contributed by atoms with E-state index in [4.69, 9.17) is 0 Å². The molecule has 1 atom stereocenters. The van der Waals surface area contributed by atoms with Gasteiger partial charge in [-0.15, -0.1) is 16.4 Å². The molecule has 0 radical (unpaired) electrons. The molecular weight excluding hydrogens is 288 g/mol. The molecule has 1 amide bonds. The summed E-state index contributed by atoms with van der Waals surface area (Å²) in [5.41, 5.74) is 1.03. The van der Waals surface area contributed by atoms with Crippen LogP contribution in [0.25, 0.3) is 0 Å². The van der Waals surface area contributed by atoms with Crippen molar-refractivity contribution in [3.05, 3.63) is 21.4 Å². The van der Waals surface area contributed by atoms with Crippen LogP contribution in [0.1, 0.15) is 47.2 Å². The number of hydrogen-bond acceptors (Lipinski definition) is 6. The lowest BCUT2D eigenvalue weighted by Crippen LogP contribution is -2.29. The van der Waals surface area contributed by atoms with Gasteiger partial charge in [0, 0.05) is 11.3 Å². The van der Waals surface area contributed by atoms with Crippen LogP contribution in [0.4, 0.5) is 0 Å². The van der Waals surface area contributed by atoms with E-state index in [2.05, 4.69) is 25.8 Å². The molecule has 0 aliphatic rings. The monoisotopic (exact) mass is 308 g/mol. The largest absolute Gasteiger partial charge is 0.347 e. The molecule has 2 heterocycles. The Morgan fingerprint density at radius 1 is 1.38 bits per heavy atom. The Labute approximate surface area is 127 Å². The Bertz CT molecular complexity index is 600. The van der Waals surface area contributed by atoms with Crippen LogP contribution >= 0.6 is 11.3 Å². The fraction of sp³-hybridized carbons (Fsp3) is 0.615. The summed E-state index contributed by atoms with van der Waals surface area (Å²) in [7, 11) is 0. The molecule has 0 aliphatic carbocycles. The van der Waals surface area contributed by atoms with E-state index in [-0.39, 0.29) is 11.9 Å². The van der Waals surface area contributed by atoms with E-state index < -0.39 is 0 Å². The second kappa shape index (κ2) is 6.75. The predicted molar refractivity (Wildman–Crippen MR) is 79.9 cm³/mol. The predicted octanol–water partition coefficient (Wildman–Crippen LogP) is 1.71. The molecule has 0 aliphatic heterocycles. The van der Waals surface area contributed by atoms with Gasteiger partial charge in [0.2, 0.25) is 5.91 Å². The van der Waals surface area contributed by atoms with Crippen LogP contribution in [0.15, 0.2) is 0 Å². The molecule has 21 heavy (non-hydrogen) atoms. The maximum absolute atomic E-state index is 12.1. The van der Waals surface area contributed by atoms with E-state index in [1.54, 1.807) is 16.0 Å². The smallest absolute Gasteiger partial charge is 0.222 e. The summed E-state index contributed by atoms with van der Waals surface area (Å²) in [6.07, 6.45) is 1.17. The van der Waals surface area contributed by atoms with Crippen LogP contribution < -0.4 is 5.32 Å².